The number of hydrogen-bond donors (Lipinski definition) is 3. The summed E-state index contributed by atoms with van der Waals surface area (Å²) < 4.78 is 28.4. The maximum absolute atomic E-state index is 13.2. The first-order valence-corrected chi connectivity index (χ1v) is 32.5. The van der Waals surface area contributed by atoms with Crippen molar-refractivity contribution >= 4 is 23.9 Å². The Balaban J connectivity index is 2.75. The van der Waals surface area contributed by atoms with Crippen LogP contribution in [0.15, 0.2) is 158 Å². The normalized spacial score (nSPS) is 18.5. The molecule has 1 rings (SSSR count). The number of carboxylic acid groups (broad SMARTS) is 1. The van der Waals surface area contributed by atoms with Gasteiger partial charge in [0.1, 0.15) is 18.8 Å². The highest BCUT2D eigenvalue weighted by molar-refractivity contribution is 5.74. The molecule has 0 radical (unpaired) electrons. The van der Waals surface area contributed by atoms with Crippen LogP contribution >= 0.6 is 0 Å². The van der Waals surface area contributed by atoms with Crippen LogP contribution in [0.5, 0.6) is 0 Å². The number of aliphatic hydroxyl groups is 2. The Morgan fingerprint density at radius 2 is 0.765 bits per heavy atom. The number of rotatable bonds is 53. The first-order chi connectivity index (χ1) is 41.6. The molecule has 0 aliphatic carbocycles. The zero-order chi connectivity index (χ0) is 61.7. The molecule has 0 aromatic rings. The molecular formula is C73H112O12. The Labute approximate surface area is 514 Å². The van der Waals surface area contributed by atoms with Crippen LogP contribution in [0, 0.1) is 0 Å². The number of carbonyl (C=O) groups is 4. The minimum Gasteiger partial charge on any atom is -0.479 e. The van der Waals surface area contributed by atoms with E-state index in [9.17, 15) is 34.5 Å². The van der Waals surface area contributed by atoms with E-state index in [1.807, 2.05) is 18.2 Å². The molecule has 6 unspecified atom stereocenters. The minimum absolute atomic E-state index is 0.0783. The second-order valence-corrected chi connectivity index (χ2v) is 21.3. The van der Waals surface area contributed by atoms with Gasteiger partial charge in [0.05, 0.1) is 6.61 Å². The third-order valence-corrected chi connectivity index (χ3v) is 13.6. The maximum Gasteiger partial charge on any atom is 0.335 e. The van der Waals surface area contributed by atoms with E-state index < -0.39 is 67.3 Å². The standard InChI is InChI=1S/C73H112O12/c1-4-7-10-13-16-19-22-25-28-31-33-36-38-41-44-47-50-53-56-59-65(74)81-62-64(83-66(75)60-57-54-51-48-45-42-39-35-30-27-24-21-18-15-12-9-6-3)63-82-73-71(69(78)68(77)70(85-73)72(79)80)84-67(76)61-58-55-52-49-46-43-40-37-34-32-29-26-23-20-17-14-11-8-5-2/h8-9,11-12,16-21,25-30,33-34,36-37,39,42-43,46,52,55,64,68-71,73,77-78H,4-7,10,13-15,22-24,31-32,35,38,40-41,44-45,47-51,53-54,56-63H2,1-3H3,(H,79,80)/b11-8-,12-9-,19-16-,20-17-,21-18-,28-25-,29-26-,30-27-,36-33-,37-34-,42-39-,46-43-,55-52-. The molecule has 476 valence electrons. The van der Waals surface area contributed by atoms with Crippen molar-refractivity contribution in [3.05, 3.63) is 158 Å². The summed E-state index contributed by atoms with van der Waals surface area (Å²) in [6.07, 6.45) is 73.5. The lowest BCUT2D eigenvalue weighted by molar-refractivity contribution is -0.301. The van der Waals surface area contributed by atoms with Gasteiger partial charge in [-0.3, -0.25) is 14.4 Å². The predicted molar refractivity (Wildman–Crippen MR) is 349 cm³/mol. The third-order valence-electron chi connectivity index (χ3n) is 13.6. The Hall–Kier alpha value is -5.66. The van der Waals surface area contributed by atoms with Gasteiger partial charge in [-0.25, -0.2) is 4.79 Å². The average molecular weight is 1180 g/mol. The van der Waals surface area contributed by atoms with Gasteiger partial charge < -0.3 is 39.0 Å². The monoisotopic (exact) mass is 1180 g/mol. The molecule has 1 saturated heterocycles. The minimum atomic E-state index is -1.94. The van der Waals surface area contributed by atoms with Gasteiger partial charge >= 0.3 is 23.9 Å². The fourth-order valence-electron chi connectivity index (χ4n) is 8.68. The molecule has 0 bridgehead atoms. The topological polar surface area (TPSA) is 175 Å². The van der Waals surface area contributed by atoms with Gasteiger partial charge in [0.15, 0.2) is 24.6 Å². The summed E-state index contributed by atoms with van der Waals surface area (Å²) in [7, 11) is 0. The molecule has 1 fully saturated rings. The van der Waals surface area contributed by atoms with E-state index in [1.165, 1.54) is 25.7 Å². The largest absolute Gasteiger partial charge is 0.479 e. The zero-order valence-electron chi connectivity index (χ0n) is 52.5. The van der Waals surface area contributed by atoms with Crippen molar-refractivity contribution in [3.8, 4) is 0 Å². The molecule has 1 aliphatic heterocycles. The molecule has 3 N–H and O–H groups in total. The molecule has 85 heavy (non-hydrogen) atoms. The number of carboxylic acids is 1. The van der Waals surface area contributed by atoms with E-state index >= 15 is 0 Å². The van der Waals surface area contributed by atoms with Crippen LogP contribution in [-0.4, -0.2) is 89.2 Å². The molecule has 12 nitrogen and oxygen atoms in total. The number of carbonyl (C=O) groups excluding carboxylic acids is 3. The van der Waals surface area contributed by atoms with Crippen molar-refractivity contribution in [2.24, 2.45) is 0 Å². The first kappa shape index (κ1) is 77.4. The SMILES string of the molecule is CC/C=C\C/C=C\C/C=C\C/C=C\C/C=C\C/C=C\CCC(=O)OC1C(OCC(COC(=O)CCCCCCCC/C=C\C/C=C\C/C=C\CCCCC)OC(=O)CCCCCC/C=C\C/C=C\C/C=C\C/C=C\CC)OC(C(=O)O)C(O)C1O. The van der Waals surface area contributed by atoms with Crippen LogP contribution in [0.4, 0.5) is 0 Å². The summed E-state index contributed by atoms with van der Waals surface area (Å²) in [4.78, 5) is 51.3. The number of esters is 3. The fraction of sp³-hybridized carbons (Fsp3) is 0.589. The smallest absolute Gasteiger partial charge is 0.335 e. The highest BCUT2D eigenvalue weighted by Crippen LogP contribution is 2.26. The summed E-state index contributed by atoms with van der Waals surface area (Å²) in [5.74, 6) is -3.30. The van der Waals surface area contributed by atoms with Crippen LogP contribution in [0.25, 0.3) is 0 Å². The van der Waals surface area contributed by atoms with E-state index in [0.717, 1.165) is 135 Å². The van der Waals surface area contributed by atoms with Gasteiger partial charge in [0.25, 0.3) is 0 Å². The number of hydrogen-bond acceptors (Lipinski definition) is 11. The third kappa shape index (κ3) is 48.2. The number of aliphatic carboxylic acids is 1. The number of aliphatic hydroxyl groups excluding tert-OH is 2. The molecule has 0 amide bonds. The molecule has 0 spiro atoms. The van der Waals surface area contributed by atoms with Crippen LogP contribution in [-0.2, 0) is 42.9 Å². The second kappa shape index (κ2) is 58.7. The highest BCUT2D eigenvalue weighted by Gasteiger charge is 2.50. The number of unbranched alkanes of at least 4 members (excludes halogenated alkanes) is 13. The lowest BCUT2D eigenvalue weighted by Gasteiger charge is -2.40. The average Bonchev–Trinajstić information content (AvgIpc) is 2.79. The van der Waals surface area contributed by atoms with Gasteiger partial charge in [-0.15, -0.1) is 0 Å². The summed E-state index contributed by atoms with van der Waals surface area (Å²) in [6, 6.07) is 0. The van der Waals surface area contributed by atoms with E-state index in [-0.39, 0.29) is 25.9 Å². The second-order valence-electron chi connectivity index (χ2n) is 21.3. The van der Waals surface area contributed by atoms with Crippen molar-refractivity contribution in [2.75, 3.05) is 13.2 Å². The lowest BCUT2D eigenvalue weighted by Crippen LogP contribution is -2.61. The fourth-order valence-corrected chi connectivity index (χ4v) is 8.68. The number of allylic oxidation sites excluding steroid dienone is 26. The highest BCUT2D eigenvalue weighted by atomic mass is 16.7. The predicted octanol–water partition coefficient (Wildman–Crippen LogP) is 17.7. The van der Waals surface area contributed by atoms with Gasteiger partial charge in [-0.2, -0.15) is 0 Å². The van der Waals surface area contributed by atoms with Crippen molar-refractivity contribution < 1.29 is 58.2 Å². The molecule has 0 aromatic heterocycles. The Kier molecular flexibility index (Phi) is 53.4. The van der Waals surface area contributed by atoms with Gasteiger partial charge in [-0.1, -0.05) is 230 Å². The van der Waals surface area contributed by atoms with Crippen LogP contribution in [0.2, 0.25) is 0 Å². The van der Waals surface area contributed by atoms with Crippen LogP contribution < -0.4 is 0 Å². The first-order valence-electron chi connectivity index (χ1n) is 32.5. The van der Waals surface area contributed by atoms with Gasteiger partial charge in [0.2, 0.25) is 0 Å². The molecule has 1 heterocycles. The summed E-state index contributed by atoms with van der Waals surface area (Å²) in [5.41, 5.74) is 0. The summed E-state index contributed by atoms with van der Waals surface area (Å²) in [6.45, 7) is 5.68. The van der Waals surface area contributed by atoms with E-state index in [2.05, 4.69) is 161 Å². The molecule has 0 aromatic carbocycles. The Morgan fingerprint density at radius 3 is 1.18 bits per heavy atom. The molecule has 0 saturated carbocycles. The number of ether oxygens (including phenoxy) is 5. The van der Waals surface area contributed by atoms with Gasteiger partial charge in [-0.05, 0) is 135 Å². The van der Waals surface area contributed by atoms with Crippen LogP contribution in [0.3, 0.4) is 0 Å². The molecule has 1 aliphatic rings. The Bertz CT molecular complexity index is 2080. The van der Waals surface area contributed by atoms with Crippen LogP contribution in [0.1, 0.15) is 226 Å². The lowest BCUT2D eigenvalue weighted by atomic mass is 9.98. The maximum atomic E-state index is 13.2. The molecule has 6 atom stereocenters. The van der Waals surface area contributed by atoms with Crippen molar-refractivity contribution in [1.29, 1.82) is 0 Å². The quantitative estimate of drug-likeness (QED) is 0.0228. The zero-order valence-corrected chi connectivity index (χ0v) is 52.5. The summed E-state index contributed by atoms with van der Waals surface area (Å²) >= 11 is 0. The van der Waals surface area contributed by atoms with E-state index in [0.29, 0.717) is 25.7 Å². The van der Waals surface area contributed by atoms with Crippen molar-refractivity contribution in [2.45, 2.75) is 263 Å². The van der Waals surface area contributed by atoms with E-state index in [4.69, 9.17) is 23.7 Å². The molecule has 12 heteroatoms. The van der Waals surface area contributed by atoms with Gasteiger partial charge in [0, 0.05) is 19.3 Å². The Morgan fingerprint density at radius 1 is 0.400 bits per heavy atom. The van der Waals surface area contributed by atoms with Crippen molar-refractivity contribution in [1.82, 2.24) is 0 Å². The van der Waals surface area contributed by atoms with Crippen molar-refractivity contribution in [3.63, 3.8) is 0 Å². The van der Waals surface area contributed by atoms with E-state index in [1.54, 1.807) is 0 Å². The summed E-state index contributed by atoms with van der Waals surface area (Å²) in [5, 5.41) is 31.6. The molecular weight excluding hydrogens is 1070 g/mol.